The zero-order valence-electron chi connectivity index (χ0n) is 14.3. The second-order valence-electron chi connectivity index (χ2n) is 6.37. The Kier molecular flexibility index (Phi) is 3.80. The number of methoxy groups -OCH3 is 1. The van der Waals surface area contributed by atoms with E-state index in [0.29, 0.717) is 5.95 Å². The molecule has 1 aromatic heterocycles. The highest BCUT2D eigenvalue weighted by atomic mass is 16.5. The van der Waals surface area contributed by atoms with Crippen molar-refractivity contribution < 1.29 is 4.74 Å². The molecule has 0 spiro atoms. The second-order valence-corrected chi connectivity index (χ2v) is 6.37. The zero-order chi connectivity index (χ0) is 17.4. The van der Waals surface area contributed by atoms with Gasteiger partial charge in [-0.25, -0.2) is 4.68 Å². The van der Waals surface area contributed by atoms with Gasteiger partial charge in [0.05, 0.1) is 19.2 Å². The Morgan fingerprint density at radius 3 is 2.44 bits per heavy atom. The third-order valence-electron chi connectivity index (χ3n) is 4.69. The van der Waals surface area contributed by atoms with Crippen LogP contribution in [0.2, 0.25) is 0 Å². The Bertz CT molecular complexity index is 870. The topological polar surface area (TPSA) is 78.0 Å². The van der Waals surface area contributed by atoms with E-state index in [1.54, 1.807) is 7.11 Å². The van der Waals surface area contributed by atoms with E-state index >= 15 is 0 Å². The summed E-state index contributed by atoms with van der Waals surface area (Å²) in [6.07, 6.45) is 0.866. The van der Waals surface area contributed by atoms with Crippen molar-refractivity contribution in [1.29, 1.82) is 0 Å². The van der Waals surface area contributed by atoms with Gasteiger partial charge in [0.1, 0.15) is 5.75 Å². The molecule has 0 aliphatic carbocycles. The highest BCUT2D eigenvalue weighted by Crippen LogP contribution is 2.38. The summed E-state index contributed by atoms with van der Waals surface area (Å²) in [5.74, 6) is 1.83. The van der Waals surface area contributed by atoms with Crippen LogP contribution in [-0.4, -0.2) is 21.9 Å². The number of fused-ring (bicyclic) bond motifs is 1. The molecule has 0 saturated heterocycles. The third kappa shape index (κ3) is 2.91. The first-order chi connectivity index (χ1) is 12.1. The lowest BCUT2D eigenvalue weighted by Gasteiger charge is -2.31. The number of nitrogens with zero attached hydrogens (tertiary/aromatic N) is 3. The van der Waals surface area contributed by atoms with Crippen molar-refractivity contribution in [3.05, 3.63) is 65.2 Å². The zero-order valence-corrected chi connectivity index (χ0v) is 14.3. The number of nitrogens with one attached hydrogen (secondary N) is 1. The van der Waals surface area contributed by atoms with E-state index < -0.39 is 0 Å². The van der Waals surface area contributed by atoms with Crippen LogP contribution >= 0.6 is 0 Å². The minimum absolute atomic E-state index is 0.0678. The maximum atomic E-state index is 5.85. The normalized spacial score (nSPS) is 19.1. The first kappa shape index (κ1) is 15.5. The van der Waals surface area contributed by atoms with E-state index in [1.807, 2.05) is 16.8 Å². The lowest BCUT2D eigenvalue weighted by molar-refractivity contribution is 0.411. The van der Waals surface area contributed by atoms with Gasteiger partial charge >= 0.3 is 0 Å². The van der Waals surface area contributed by atoms with Crippen LogP contribution < -0.4 is 15.8 Å². The largest absolute Gasteiger partial charge is 0.497 e. The monoisotopic (exact) mass is 335 g/mol. The molecule has 1 aliphatic rings. The number of aromatic nitrogens is 3. The summed E-state index contributed by atoms with van der Waals surface area (Å²) in [6, 6.07) is 16.9. The molecule has 2 heterocycles. The Balaban J connectivity index is 1.72. The Morgan fingerprint density at radius 1 is 1.08 bits per heavy atom. The number of rotatable bonds is 3. The van der Waals surface area contributed by atoms with Crippen LogP contribution in [0.1, 0.15) is 35.2 Å². The van der Waals surface area contributed by atoms with Gasteiger partial charge in [0, 0.05) is 0 Å². The van der Waals surface area contributed by atoms with Crippen LogP contribution in [-0.2, 0) is 0 Å². The van der Waals surface area contributed by atoms with Gasteiger partial charge in [-0.3, -0.25) is 0 Å². The van der Waals surface area contributed by atoms with E-state index in [-0.39, 0.29) is 18.0 Å². The predicted octanol–water partition coefficient (Wildman–Crippen LogP) is 3.32. The minimum Gasteiger partial charge on any atom is -0.497 e. The van der Waals surface area contributed by atoms with E-state index in [2.05, 4.69) is 58.7 Å². The van der Waals surface area contributed by atoms with Crippen LogP contribution in [0.4, 0.5) is 11.9 Å². The molecule has 2 atom stereocenters. The summed E-state index contributed by atoms with van der Waals surface area (Å²) in [5, 5.41) is 7.84. The molecule has 128 valence electrons. The van der Waals surface area contributed by atoms with E-state index in [0.717, 1.165) is 17.7 Å². The standard InChI is InChI=1S/C19H21N5O/c1-12-3-5-13(6-4-12)16-11-17(14-7-9-15(25-2)10-8-14)24-19(21-16)22-18(20)23-24/h3-10,16-17H,11H2,1-2H3,(H3,20,21,22,23)/t16-,17+/m1/s1. The molecule has 3 aromatic rings. The van der Waals surface area contributed by atoms with Crippen molar-refractivity contribution >= 4 is 11.9 Å². The van der Waals surface area contributed by atoms with Crippen molar-refractivity contribution in [1.82, 2.24) is 14.8 Å². The van der Waals surface area contributed by atoms with Crippen molar-refractivity contribution in [3.8, 4) is 5.75 Å². The maximum absolute atomic E-state index is 5.85. The number of ether oxygens (including phenoxy) is 1. The van der Waals surface area contributed by atoms with Gasteiger partial charge in [-0.05, 0) is 36.6 Å². The average molecular weight is 335 g/mol. The Hall–Kier alpha value is -3.02. The van der Waals surface area contributed by atoms with Gasteiger partial charge in [0.15, 0.2) is 0 Å². The number of aryl methyl sites for hydroxylation is 1. The number of nitrogens with two attached hydrogens (primary N) is 1. The summed E-state index contributed by atoms with van der Waals surface area (Å²) < 4.78 is 7.14. The highest BCUT2D eigenvalue weighted by molar-refractivity contribution is 5.42. The number of anilines is 2. The molecule has 1 aliphatic heterocycles. The second kappa shape index (κ2) is 6.12. The lowest BCUT2D eigenvalue weighted by atomic mass is 9.93. The number of hydrogen-bond acceptors (Lipinski definition) is 5. The molecule has 0 radical (unpaired) electrons. The molecule has 3 N–H and O–H groups in total. The quantitative estimate of drug-likeness (QED) is 0.768. The third-order valence-corrected chi connectivity index (χ3v) is 4.69. The van der Waals surface area contributed by atoms with Crippen LogP contribution in [0, 0.1) is 6.92 Å². The summed E-state index contributed by atoms with van der Waals surface area (Å²) >= 11 is 0. The smallest absolute Gasteiger partial charge is 0.241 e. The molecule has 25 heavy (non-hydrogen) atoms. The summed E-state index contributed by atoms with van der Waals surface area (Å²) in [7, 11) is 1.67. The van der Waals surface area contributed by atoms with E-state index in [1.165, 1.54) is 11.1 Å². The summed E-state index contributed by atoms with van der Waals surface area (Å²) in [6.45, 7) is 2.09. The lowest BCUT2D eigenvalue weighted by Crippen LogP contribution is -2.28. The molecule has 6 nitrogen and oxygen atoms in total. The number of nitrogen functional groups attached to an aromatic ring is 1. The van der Waals surface area contributed by atoms with E-state index in [9.17, 15) is 0 Å². The Morgan fingerprint density at radius 2 is 1.76 bits per heavy atom. The van der Waals surface area contributed by atoms with Crippen LogP contribution in [0.25, 0.3) is 0 Å². The van der Waals surface area contributed by atoms with Crippen molar-refractivity contribution in [3.63, 3.8) is 0 Å². The number of hydrogen-bond donors (Lipinski definition) is 2. The molecule has 6 heteroatoms. The molecule has 0 fully saturated rings. The minimum atomic E-state index is 0.0678. The van der Waals surface area contributed by atoms with E-state index in [4.69, 9.17) is 10.5 Å². The van der Waals surface area contributed by atoms with Gasteiger partial charge < -0.3 is 15.8 Å². The van der Waals surface area contributed by atoms with Crippen LogP contribution in [0.15, 0.2) is 48.5 Å². The molecule has 4 rings (SSSR count). The molecular formula is C19H21N5O. The first-order valence-electron chi connectivity index (χ1n) is 8.33. The van der Waals surface area contributed by atoms with Gasteiger partial charge in [-0.2, -0.15) is 4.98 Å². The van der Waals surface area contributed by atoms with Gasteiger partial charge in [-0.1, -0.05) is 42.0 Å². The van der Waals surface area contributed by atoms with Crippen LogP contribution in [0.5, 0.6) is 5.75 Å². The molecule has 0 saturated carbocycles. The first-order valence-corrected chi connectivity index (χ1v) is 8.33. The van der Waals surface area contributed by atoms with Crippen molar-refractivity contribution in [2.24, 2.45) is 0 Å². The van der Waals surface area contributed by atoms with Crippen LogP contribution in [0.3, 0.4) is 0 Å². The Labute approximate surface area is 146 Å². The van der Waals surface area contributed by atoms with Gasteiger partial charge in [-0.15, -0.1) is 5.10 Å². The van der Waals surface area contributed by atoms with Crippen molar-refractivity contribution in [2.45, 2.75) is 25.4 Å². The number of benzene rings is 2. The molecular weight excluding hydrogens is 314 g/mol. The average Bonchev–Trinajstić information content (AvgIpc) is 3.01. The fourth-order valence-electron chi connectivity index (χ4n) is 3.31. The van der Waals surface area contributed by atoms with Gasteiger partial charge in [0.25, 0.3) is 0 Å². The highest BCUT2D eigenvalue weighted by Gasteiger charge is 2.30. The fourth-order valence-corrected chi connectivity index (χ4v) is 3.31. The van der Waals surface area contributed by atoms with Crippen molar-refractivity contribution in [2.75, 3.05) is 18.2 Å². The molecule has 0 unspecified atom stereocenters. The maximum Gasteiger partial charge on any atom is 0.241 e. The summed E-state index contributed by atoms with van der Waals surface area (Å²) in [4.78, 5) is 4.35. The molecule has 2 aromatic carbocycles. The summed E-state index contributed by atoms with van der Waals surface area (Å²) in [5.41, 5.74) is 9.49. The molecule has 0 amide bonds. The fraction of sp³-hybridized carbons (Fsp3) is 0.263. The SMILES string of the molecule is COc1ccc([C@@H]2C[C@H](c3ccc(C)cc3)Nc3nc(N)nn32)cc1. The predicted molar refractivity (Wildman–Crippen MR) is 97.7 cm³/mol. The van der Waals surface area contributed by atoms with Gasteiger partial charge in [0.2, 0.25) is 11.9 Å². The molecule has 0 bridgehead atoms.